The van der Waals surface area contributed by atoms with Gasteiger partial charge in [0, 0.05) is 5.41 Å². The van der Waals surface area contributed by atoms with Gasteiger partial charge in [0.25, 0.3) is 0 Å². The second-order valence-corrected chi connectivity index (χ2v) is 4.29. The first-order valence-electron chi connectivity index (χ1n) is 5.37. The first-order chi connectivity index (χ1) is 8.09. The SMILES string of the molecule is CC(C)(C#CCOc1ccccc1C=O)CO. The number of aliphatic hydroxyl groups excluding tert-OH is 1. The van der Waals surface area contributed by atoms with Gasteiger partial charge in [0.2, 0.25) is 0 Å². The summed E-state index contributed by atoms with van der Waals surface area (Å²) >= 11 is 0. The van der Waals surface area contributed by atoms with Gasteiger partial charge in [-0.1, -0.05) is 24.0 Å². The predicted molar refractivity (Wildman–Crippen MR) is 66.0 cm³/mol. The molecule has 0 amide bonds. The fourth-order valence-electron chi connectivity index (χ4n) is 1.14. The van der Waals surface area contributed by atoms with E-state index in [9.17, 15) is 4.79 Å². The van der Waals surface area contributed by atoms with Gasteiger partial charge < -0.3 is 9.84 Å². The zero-order valence-electron chi connectivity index (χ0n) is 10.1. The number of aliphatic hydroxyl groups is 1. The number of hydrogen-bond acceptors (Lipinski definition) is 3. The van der Waals surface area contributed by atoms with Gasteiger partial charge in [-0.25, -0.2) is 0 Å². The summed E-state index contributed by atoms with van der Waals surface area (Å²) in [7, 11) is 0. The van der Waals surface area contributed by atoms with Crippen molar-refractivity contribution < 1.29 is 14.6 Å². The molecule has 0 aromatic heterocycles. The van der Waals surface area contributed by atoms with Crippen molar-refractivity contribution in [3.05, 3.63) is 29.8 Å². The van der Waals surface area contributed by atoms with Crippen LogP contribution in [0.25, 0.3) is 0 Å². The fraction of sp³-hybridized carbons (Fsp3) is 0.357. The van der Waals surface area contributed by atoms with Crippen molar-refractivity contribution in [3.63, 3.8) is 0 Å². The van der Waals surface area contributed by atoms with Crippen LogP contribution in [0, 0.1) is 17.3 Å². The molecule has 1 aromatic carbocycles. The van der Waals surface area contributed by atoms with E-state index in [1.807, 2.05) is 13.8 Å². The molecule has 17 heavy (non-hydrogen) atoms. The van der Waals surface area contributed by atoms with Crippen LogP contribution in [0.2, 0.25) is 0 Å². The van der Waals surface area contributed by atoms with Crippen LogP contribution in [0.1, 0.15) is 24.2 Å². The molecule has 0 radical (unpaired) electrons. The molecule has 0 saturated carbocycles. The van der Waals surface area contributed by atoms with Gasteiger partial charge in [0.15, 0.2) is 6.29 Å². The van der Waals surface area contributed by atoms with Crippen LogP contribution in [-0.2, 0) is 0 Å². The van der Waals surface area contributed by atoms with Gasteiger partial charge in [-0.2, -0.15) is 0 Å². The monoisotopic (exact) mass is 232 g/mol. The van der Waals surface area contributed by atoms with E-state index < -0.39 is 5.41 Å². The average molecular weight is 232 g/mol. The Hall–Kier alpha value is -1.79. The number of para-hydroxylation sites is 1. The molecule has 1 aromatic rings. The van der Waals surface area contributed by atoms with E-state index in [0.29, 0.717) is 11.3 Å². The molecule has 0 unspecified atom stereocenters. The lowest BCUT2D eigenvalue weighted by atomic mass is 9.96. The zero-order chi connectivity index (χ0) is 12.7. The van der Waals surface area contributed by atoms with E-state index in [-0.39, 0.29) is 13.2 Å². The Bertz CT molecular complexity index is 438. The van der Waals surface area contributed by atoms with Gasteiger partial charge >= 0.3 is 0 Å². The Balaban J connectivity index is 2.60. The maximum absolute atomic E-state index is 10.7. The normalized spacial score (nSPS) is 10.3. The van der Waals surface area contributed by atoms with Crippen LogP contribution < -0.4 is 4.74 Å². The van der Waals surface area contributed by atoms with Crippen LogP contribution >= 0.6 is 0 Å². The van der Waals surface area contributed by atoms with Crippen molar-refractivity contribution in [1.82, 2.24) is 0 Å². The lowest BCUT2D eigenvalue weighted by molar-refractivity contribution is 0.112. The molecule has 3 nitrogen and oxygen atoms in total. The van der Waals surface area contributed by atoms with Crippen molar-refractivity contribution in [3.8, 4) is 17.6 Å². The Kier molecular flexibility index (Phi) is 4.74. The van der Waals surface area contributed by atoms with Gasteiger partial charge in [-0.3, -0.25) is 4.79 Å². The van der Waals surface area contributed by atoms with E-state index in [2.05, 4.69) is 11.8 Å². The number of carbonyl (C=O) groups is 1. The predicted octanol–water partition coefficient (Wildman–Crippen LogP) is 1.90. The number of benzene rings is 1. The molecule has 3 heteroatoms. The second-order valence-electron chi connectivity index (χ2n) is 4.29. The van der Waals surface area contributed by atoms with Crippen molar-refractivity contribution in [2.45, 2.75) is 13.8 Å². The molecule has 0 aliphatic heterocycles. The topological polar surface area (TPSA) is 46.5 Å². The highest BCUT2D eigenvalue weighted by Gasteiger charge is 2.11. The summed E-state index contributed by atoms with van der Waals surface area (Å²) in [5.74, 6) is 6.26. The van der Waals surface area contributed by atoms with Crippen LogP contribution in [0.3, 0.4) is 0 Å². The molecule has 0 aliphatic carbocycles. The summed E-state index contributed by atoms with van der Waals surface area (Å²) in [5, 5.41) is 9.00. The first kappa shape index (κ1) is 13.3. The smallest absolute Gasteiger partial charge is 0.153 e. The molecule has 0 atom stereocenters. The highest BCUT2D eigenvalue weighted by atomic mass is 16.5. The molecular weight excluding hydrogens is 216 g/mol. The van der Waals surface area contributed by atoms with Gasteiger partial charge in [0.1, 0.15) is 12.4 Å². The number of carbonyl (C=O) groups excluding carboxylic acids is 1. The summed E-state index contributed by atoms with van der Waals surface area (Å²) in [6.07, 6.45) is 0.750. The number of hydrogen-bond donors (Lipinski definition) is 1. The summed E-state index contributed by atoms with van der Waals surface area (Å²) in [5.41, 5.74) is 0.0868. The fourth-order valence-corrected chi connectivity index (χ4v) is 1.14. The number of rotatable bonds is 4. The molecule has 0 bridgehead atoms. The third kappa shape index (κ3) is 4.29. The number of ether oxygens (including phenoxy) is 1. The van der Waals surface area contributed by atoms with Crippen LogP contribution in [0.15, 0.2) is 24.3 Å². The molecule has 1 N–H and O–H groups in total. The van der Waals surface area contributed by atoms with E-state index >= 15 is 0 Å². The Morgan fingerprint density at radius 3 is 2.76 bits per heavy atom. The van der Waals surface area contributed by atoms with Crippen LogP contribution in [0.5, 0.6) is 5.75 Å². The molecule has 0 heterocycles. The van der Waals surface area contributed by atoms with Crippen molar-refractivity contribution >= 4 is 6.29 Å². The van der Waals surface area contributed by atoms with Crippen molar-refractivity contribution in [2.75, 3.05) is 13.2 Å². The molecule has 0 fully saturated rings. The minimum absolute atomic E-state index is 0.00489. The molecular formula is C14H16O3. The highest BCUT2D eigenvalue weighted by molar-refractivity contribution is 5.79. The van der Waals surface area contributed by atoms with Crippen LogP contribution in [-0.4, -0.2) is 24.6 Å². The standard InChI is InChI=1S/C14H16O3/c1-14(2,11-16)8-5-9-17-13-7-4-3-6-12(13)10-15/h3-4,6-7,10,16H,9,11H2,1-2H3. The summed E-state index contributed by atoms with van der Waals surface area (Å²) in [6.45, 7) is 3.90. The zero-order valence-corrected chi connectivity index (χ0v) is 10.1. The maximum atomic E-state index is 10.7. The first-order valence-corrected chi connectivity index (χ1v) is 5.37. The average Bonchev–Trinajstić information content (AvgIpc) is 2.35. The number of aldehydes is 1. The minimum Gasteiger partial charge on any atom is -0.480 e. The summed E-state index contributed by atoms with van der Waals surface area (Å²) in [4.78, 5) is 10.7. The van der Waals surface area contributed by atoms with E-state index in [0.717, 1.165) is 6.29 Å². The Morgan fingerprint density at radius 2 is 2.12 bits per heavy atom. The van der Waals surface area contributed by atoms with Crippen molar-refractivity contribution in [2.24, 2.45) is 5.41 Å². The second kappa shape index (κ2) is 6.07. The maximum Gasteiger partial charge on any atom is 0.153 e. The molecule has 0 spiro atoms. The molecule has 0 aliphatic rings. The minimum atomic E-state index is -0.423. The summed E-state index contributed by atoms with van der Waals surface area (Å²) in [6, 6.07) is 6.99. The Morgan fingerprint density at radius 1 is 1.41 bits per heavy atom. The quantitative estimate of drug-likeness (QED) is 0.637. The lowest BCUT2D eigenvalue weighted by Crippen LogP contribution is -2.13. The molecule has 1 rings (SSSR count). The van der Waals surface area contributed by atoms with E-state index in [1.165, 1.54) is 0 Å². The third-order valence-corrected chi connectivity index (χ3v) is 2.17. The largest absolute Gasteiger partial charge is 0.480 e. The summed E-state index contributed by atoms with van der Waals surface area (Å²) < 4.78 is 5.38. The van der Waals surface area contributed by atoms with Gasteiger partial charge in [-0.05, 0) is 26.0 Å². The van der Waals surface area contributed by atoms with Crippen LogP contribution in [0.4, 0.5) is 0 Å². The van der Waals surface area contributed by atoms with Crippen molar-refractivity contribution in [1.29, 1.82) is 0 Å². The van der Waals surface area contributed by atoms with Gasteiger partial charge in [-0.15, -0.1) is 0 Å². The van der Waals surface area contributed by atoms with E-state index in [4.69, 9.17) is 9.84 Å². The molecule has 90 valence electrons. The molecule has 0 saturated heterocycles. The van der Waals surface area contributed by atoms with E-state index in [1.54, 1.807) is 24.3 Å². The third-order valence-electron chi connectivity index (χ3n) is 2.17. The lowest BCUT2D eigenvalue weighted by Gasteiger charge is -2.12. The highest BCUT2D eigenvalue weighted by Crippen LogP contribution is 2.15. The Labute approximate surface area is 101 Å². The van der Waals surface area contributed by atoms with Gasteiger partial charge in [0.05, 0.1) is 12.2 Å².